The summed E-state index contributed by atoms with van der Waals surface area (Å²) in [6, 6.07) is 11.4. The highest BCUT2D eigenvalue weighted by Gasteiger charge is 2.14. The Labute approximate surface area is 156 Å². The molecule has 2 aromatic rings. The van der Waals surface area contributed by atoms with Gasteiger partial charge in [-0.2, -0.15) is 0 Å². The first-order chi connectivity index (χ1) is 13.0. The predicted octanol–water partition coefficient (Wildman–Crippen LogP) is 2.12. The van der Waals surface area contributed by atoms with Gasteiger partial charge in [-0.15, -0.1) is 0 Å². The maximum atomic E-state index is 12.3. The van der Waals surface area contributed by atoms with Crippen molar-refractivity contribution < 1.29 is 9.59 Å². The van der Waals surface area contributed by atoms with Crippen molar-refractivity contribution in [2.24, 2.45) is 10.7 Å². The summed E-state index contributed by atoms with van der Waals surface area (Å²) < 4.78 is 0. The van der Waals surface area contributed by atoms with Gasteiger partial charge in [-0.25, -0.2) is 0 Å². The van der Waals surface area contributed by atoms with Crippen LogP contribution in [-0.2, 0) is 4.79 Å². The first-order valence-electron chi connectivity index (χ1n) is 8.36. The Hall–Kier alpha value is -3.74. The monoisotopic (exact) mass is 361 g/mol. The molecule has 0 aromatic heterocycles. The largest absolute Gasteiger partial charge is 0.398 e. The van der Waals surface area contributed by atoms with Gasteiger partial charge in [0.25, 0.3) is 5.91 Å². The van der Waals surface area contributed by atoms with Crippen molar-refractivity contribution in [1.82, 2.24) is 0 Å². The summed E-state index contributed by atoms with van der Waals surface area (Å²) >= 11 is 0. The molecule has 0 aliphatic carbocycles. The molecule has 3 rings (SSSR count). The zero-order valence-corrected chi connectivity index (χ0v) is 14.5. The molecule has 2 aromatic carbocycles. The molecular formula is C20H19N5O2. The van der Waals surface area contributed by atoms with E-state index < -0.39 is 5.91 Å². The van der Waals surface area contributed by atoms with Crippen LogP contribution in [0.4, 0.5) is 11.4 Å². The van der Waals surface area contributed by atoms with Crippen molar-refractivity contribution in [3.63, 3.8) is 0 Å². The second-order valence-corrected chi connectivity index (χ2v) is 6.06. The van der Waals surface area contributed by atoms with E-state index in [1.807, 2.05) is 6.08 Å². The number of nitrogen functional groups attached to an aromatic ring is 1. The third kappa shape index (κ3) is 4.09. The molecule has 0 saturated heterocycles. The van der Waals surface area contributed by atoms with Gasteiger partial charge in [0.2, 0.25) is 5.91 Å². The number of benzene rings is 2. The number of nitrogens with one attached hydrogen (secondary N) is 2. The summed E-state index contributed by atoms with van der Waals surface area (Å²) in [4.78, 5) is 27.8. The minimum absolute atomic E-state index is 0.130. The second-order valence-electron chi connectivity index (χ2n) is 6.06. The Balaban J connectivity index is 1.85. The van der Waals surface area contributed by atoms with Crippen LogP contribution in [0.1, 0.15) is 27.9 Å². The van der Waals surface area contributed by atoms with E-state index in [0.29, 0.717) is 34.6 Å². The van der Waals surface area contributed by atoms with Crippen LogP contribution in [0.3, 0.4) is 0 Å². The van der Waals surface area contributed by atoms with Crippen LogP contribution < -0.4 is 16.8 Å². The fraction of sp³-hybridized carbons (Fsp3) is 0.100. The van der Waals surface area contributed by atoms with Crippen molar-refractivity contribution in [1.29, 1.82) is 5.41 Å². The number of carbonyl (C=O) groups excluding carboxylic acids is 2. The second kappa shape index (κ2) is 7.65. The van der Waals surface area contributed by atoms with Gasteiger partial charge in [0.1, 0.15) is 0 Å². The first-order valence-corrected chi connectivity index (χ1v) is 8.36. The Kier molecular flexibility index (Phi) is 5.12. The number of aliphatic imine (C=N–C) groups is 1. The van der Waals surface area contributed by atoms with Gasteiger partial charge in [-0.1, -0.05) is 18.2 Å². The fourth-order valence-electron chi connectivity index (χ4n) is 2.70. The molecule has 136 valence electrons. The molecule has 0 unspecified atom stereocenters. The number of anilines is 2. The highest BCUT2D eigenvalue weighted by molar-refractivity contribution is 6.19. The SMILES string of the molecule is N=C(c1cccc(NC(=O)C2=CCCN=C2)c1)c1cc(C(N)=O)ccc1N. The van der Waals surface area contributed by atoms with Crippen LogP contribution in [0.5, 0.6) is 0 Å². The Morgan fingerprint density at radius 2 is 1.93 bits per heavy atom. The molecule has 1 heterocycles. The van der Waals surface area contributed by atoms with E-state index in [9.17, 15) is 9.59 Å². The van der Waals surface area contributed by atoms with Gasteiger partial charge in [0.05, 0.1) is 11.3 Å². The maximum absolute atomic E-state index is 12.3. The van der Waals surface area contributed by atoms with Crippen molar-refractivity contribution in [3.05, 3.63) is 70.8 Å². The topological polar surface area (TPSA) is 134 Å². The average Bonchev–Trinajstić information content (AvgIpc) is 2.68. The number of amides is 2. The molecule has 1 aliphatic rings. The number of nitrogens with zero attached hydrogens (tertiary/aromatic N) is 1. The van der Waals surface area contributed by atoms with Gasteiger partial charge >= 0.3 is 0 Å². The fourth-order valence-corrected chi connectivity index (χ4v) is 2.70. The van der Waals surface area contributed by atoms with Crippen LogP contribution in [0.2, 0.25) is 0 Å². The minimum Gasteiger partial charge on any atom is -0.398 e. The number of primary amides is 1. The van der Waals surface area contributed by atoms with E-state index in [1.165, 1.54) is 12.1 Å². The normalized spacial score (nSPS) is 13.0. The zero-order chi connectivity index (χ0) is 19.4. The Bertz CT molecular complexity index is 992. The summed E-state index contributed by atoms with van der Waals surface area (Å²) in [5, 5.41) is 11.2. The van der Waals surface area contributed by atoms with Crippen LogP contribution in [0.15, 0.2) is 59.1 Å². The van der Waals surface area contributed by atoms with E-state index in [1.54, 1.807) is 36.5 Å². The molecule has 7 heteroatoms. The highest BCUT2D eigenvalue weighted by Crippen LogP contribution is 2.21. The van der Waals surface area contributed by atoms with Gasteiger partial charge < -0.3 is 16.8 Å². The zero-order valence-electron chi connectivity index (χ0n) is 14.5. The molecule has 0 saturated carbocycles. The van der Waals surface area contributed by atoms with Crippen molar-refractivity contribution in [2.75, 3.05) is 17.6 Å². The van der Waals surface area contributed by atoms with E-state index in [2.05, 4.69) is 10.3 Å². The van der Waals surface area contributed by atoms with Crippen molar-refractivity contribution >= 4 is 35.1 Å². The lowest BCUT2D eigenvalue weighted by atomic mass is 9.98. The summed E-state index contributed by atoms with van der Waals surface area (Å²) in [5.74, 6) is -0.843. The Morgan fingerprint density at radius 1 is 1.11 bits per heavy atom. The van der Waals surface area contributed by atoms with E-state index in [0.717, 1.165) is 6.42 Å². The van der Waals surface area contributed by atoms with Crippen molar-refractivity contribution in [3.8, 4) is 0 Å². The lowest BCUT2D eigenvalue weighted by molar-refractivity contribution is -0.112. The summed E-state index contributed by atoms with van der Waals surface area (Å²) in [7, 11) is 0. The van der Waals surface area contributed by atoms with Gasteiger partial charge in [0, 0.05) is 40.8 Å². The third-order valence-electron chi connectivity index (χ3n) is 4.13. The maximum Gasteiger partial charge on any atom is 0.256 e. The molecule has 0 radical (unpaired) electrons. The number of hydrogen-bond donors (Lipinski definition) is 4. The standard InChI is InChI=1S/C20H19N5O2/c21-17-7-6-13(19(23)26)10-16(17)18(22)12-3-1-5-15(9-12)25-20(27)14-4-2-8-24-11-14/h1,3-7,9-11,22H,2,8,21H2,(H2,23,26)(H,25,27). The quantitative estimate of drug-likeness (QED) is 0.480. The molecule has 7 nitrogen and oxygen atoms in total. The molecule has 27 heavy (non-hydrogen) atoms. The van der Waals surface area contributed by atoms with Crippen LogP contribution in [0, 0.1) is 5.41 Å². The van der Waals surface area contributed by atoms with E-state index in [-0.39, 0.29) is 17.2 Å². The molecular weight excluding hydrogens is 342 g/mol. The molecule has 1 aliphatic heterocycles. The number of carbonyl (C=O) groups is 2. The summed E-state index contributed by atoms with van der Waals surface area (Å²) in [6.07, 6.45) is 4.13. The number of hydrogen-bond acceptors (Lipinski definition) is 5. The molecule has 6 N–H and O–H groups in total. The molecule has 0 fully saturated rings. The summed E-state index contributed by atoms with van der Waals surface area (Å²) in [6.45, 7) is 0.690. The smallest absolute Gasteiger partial charge is 0.256 e. The van der Waals surface area contributed by atoms with Crippen LogP contribution in [-0.4, -0.2) is 30.3 Å². The van der Waals surface area contributed by atoms with Gasteiger partial charge in [-0.05, 0) is 36.8 Å². The highest BCUT2D eigenvalue weighted by atomic mass is 16.2. The van der Waals surface area contributed by atoms with Crippen LogP contribution in [0.25, 0.3) is 0 Å². The summed E-state index contributed by atoms with van der Waals surface area (Å²) in [5.41, 5.74) is 14.0. The lowest BCUT2D eigenvalue weighted by Gasteiger charge is -2.12. The predicted molar refractivity (Wildman–Crippen MR) is 106 cm³/mol. The molecule has 0 bridgehead atoms. The average molecular weight is 361 g/mol. The third-order valence-corrected chi connectivity index (χ3v) is 4.13. The van der Waals surface area contributed by atoms with Gasteiger partial charge in [-0.3, -0.25) is 20.0 Å². The first kappa shape index (κ1) is 18.1. The van der Waals surface area contributed by atoms with E-state index in [4.69, 9.17) is 16.9 Å². The Morgan fingerprint density at radius 3 is 2.63 bits per heavy atom. The molecule has 0 spiro atoms. The van der Waals surface area contributed by atoms with E-state index >= 15 is 0 Å². The minimum atomic E-state index is -0.590. The number of nitrogens with two attached hydrogens (primary N) is 2. The lowest BCUT2D eigenvalue weighted by Crippen LogP contribution is -2.17. The van der Waals surface area contributed by atoms with Crippen molar-refractivity contribution in [2.45, 2.75) is 6.42 Å². The van der Waals surface area contributed by atoms with Crippen LogP contribution >= 0.6 is 0 Å². The number of rotatable bonds is 5. The molecule has 2 amide bonds. The van der Waals surface area contributed by atoms with Gasteiger partial charge in [0.15, 0.2) is 0 Å². The molecule has 0 atom stereocenters. The number of dihydropyridines is 1.